The minimum atomic E-state index is -2.70. The largest absolute Gasteiger partial charge is 0.508 e. The van der Waals surface area contributed by atoms with Crippen LogP contribution in [0.1, 0.15) is 17.5 Å². The number of rotatable bonds is 2. The van der Waals surface area contributed by atoms with E-state index in [1.54, 1.807) is 0 Å². The number of nitrogens with two attached hydrogens (primary N) is 1. The number of halogens is 1. The monoisotopic (exact) mass is 432 g/mol. The molecule has 4 rings (SSSR count). The number of carbonyl (C=O) groups excluding carboxylic acids is 3. The quantitative estimate of drug-likeness (QED) is 0.411. The van der Waals surface area contributed by atoms with Crippen LogP contribution in [-0.4, -0.2) is 68.5 Å². The summed E-state index contributed by atoms with van der Waals surface area (Å²) in [5.41, 5.74) is 1.09. The number of amides is 1. The van der Waals surface area contributed by atoms with Crippen LogP contribution in [0, 0.1) is 17.7 Å². The second-order valence-electron chi connectivity index (χ2n) is 8.38. The molecule has 3 aliphatic rings. The van der Waals surface area contributed by atoms with Gasteiger partial charge in [-0.3, -0.25) is 19.3 Å². The number of ketones is 2. The average Bonchev–Trinajstić information content (AvgIpc) is 2.67. The van der Waals surface area contributed by atoms with Crippen LogP contribution in [-0.2, 0) is 20.8 Å². The number of Topliss-reactive ketones (excluding diaryl/α,β-unsaturated/α-hetero) is 2. The van der Waals surface area contributed by atoms with Gasteiger partial charge in [-0.2, -0.15) is 0 Å². The van der Waals surface area contributed by atoms with Crippen LogP contribution in [0.25, 0.3) is 5.76 Å². The Morgan fingerprint density at radius 1 is 1.23 bits per heavy atom. The number of fused-ring (bicyclic) bond motifs is 3. The first-order valence-electron chi connectivity index (χ1n) is 9.58. The number of benzene rings is 1. The van der Waals surface area contributed by atoms with Crippen molar-refractivity contribution in [3.05, 3.63) is 46.0 Å². The molecule has 9 nitrogen and oxygen atoms in total. The van der Waals surface area contributed by atoms with E-state index in [0.29, 0.717) is 0 Å². The van der Waals surface area contributed by atoms with E-state index in [-0.39, 0.29) is 29.5 Å². The number of carbonyl (C=O) groups is 3. The van der Waals surface area contributed by atoms with Crippen molar-refractivity contribution in [3.63, 3.8) is 0 Å². The molecule has 1 aromatic rings. The minimum Gasteiger partial charge on any atom is -0.508 e. The maximum Gasteiger partial charge on any atom is 0.255 e. The van der Waals surface area contributed by atoms with Crippen LogP contribution >= 0.6 is 0 Å². The molecule has 1 saturated carbocycles. The molecule has 31 heavy (non-hydrogen) atoms. The molecule has 0 bridgehead atoms. The van der Waals surface area contributed by atoms with Crippen molar-refractivity contribution in [2.45, 2.75) is 24.5 Å². The fourth-order valence-corrected chi connectivity index (χ4v) is 5.21. The molecule has 0 saturated heterocycles. The van der Waals surface area contributed by atoms with Crippen LogP contribution in [0.5, 0.6) is 5.75 Å². The number of phenols is 1. The van der Waals surface area contributed by atoms with Gasteiger partial charge in [0.15, 0.2) is 11.4 Å². The highest BCUT2D eigenvalue weighted by Crippen LogP contribution is 2.52. The number of aliphatic hydroxyl groups excluding tert-OH is 2. The number of nitrogens with zero attached hydrogens (tertiary/aromatic N) is 1. The average molecular weight is 432 g/mol. The highest BCUT2D eigenvalue weighted by atomic mass is 19.1. The number of hydrogen-bond acceptors (Lipinski definition) is 8. The Bertz CT molecular complexity index is 1120. The van der Waals surface area contributed by atoms with E-state index in [4.69, 9.17) is 5.73 Å². The highest BCUT2D eigenvalue weighted by Gasteiger charge is 2.64. The lowest BCUT2D eigenvalue weighted by Gasteiger charge is -2.50. The lowest BCUT2D eigenvalue weighted by Crippen LogP contribution is -2.65. The van der Waals surface area contributed by atoms with Crippen LogP contribution in [0.4, 0.5) is 4.39 Å². The summed E-state index contributed by atoms with van der Waals surface area (Å²) < 4.78 is 14.4. The smallest absolute Gasteiger partial charge is 0.255 e. The van der Waals surface area contributed by atoms with Gasteiger partial charge >= 0.3 is 0 Å². The van der Waals surface area contributed by atoms with E-state index in [2.05, 4.69) is 0 Å². The lowest BCUT2D eigenvalue weighted by atomic mass is 9.57. The summed E-state index contributed by atoms with van der Waals surface area (Å²) in [5, 5.41) is 43.0. The number of primary amides is 1. The molecule has 1 aromatic carbocycles. The molecule has 0 aromatic heterocycles. The Morgan fingerprint density at radius 3 is 2.45 bits per heavy atom. The second kappa shape index (κ2) is 6.63. The molecule has 0 unspecified atom stereocenters. The Kier molecular flexibility index (Phi) is 4.49. The molecule has 4 atom stereocenters. The van der Waals surface area contributed by atoms with Gasteiger partial charge in [0.25, 0.3) is 5.91 Å². The van der Waals surface area contributed by atoms with Crippen molar-refractivity contribution in [3.8, 4) is 5.75 Å². The molecule has 1 fully saturated rings. The fraction of sp³-hybridized carbons (Fsp3) is 0.381. The third-order valence-corrected chi connectivity index (χ3v) is 6.55. The topological polar surface area (TPSA) is 161 Å². The van der Waals surface area contributed by atoms with Crippen molar-refractivity contribution in [1.29, 1.82) is 0 Å². The van der Waals surface area contributed by atoms with Gasteiger partial charge in [-0.05, 0) is 45.0 Å². The third kappa shape index (κ3) is 2.58. The standard InChI is InChI=1S/C21H21FN2O7/c1-24(2)15-9-6-7-5-8-10(22)3-4-11(25)13(8)16(26)12(7)18(28)21(9,31)19(29)14(17(15)27)20(23)30/h3-4,7,9,15,25-26,29,31H,5-6H2,1-2H3,(H2,23,30)/t7-,9-,15-,21-/m0/s1. The number of likely N-dealkylation sites (N-methyl/N-ethyl adjacent to an activating group) is 1. The van der Waals surface area contributed by atoms with Gasteiger partial charge in [0.1, 0.15) is 28.7 Å². The highest BCUT2D eigenvalue weighted by molar-refractivity contribution is 6.24. The van der Waals surface area contributed by atoms with Gasteiger partial charge in [-0.1, -0.05) is 0 Å². The molecule has 0 radical (unpaired) electrons. The maximum atomic E-state index is 14.4. The van der Waals surface area contributed by atoms with Crippen molar-refractivity contribution < 1.29 is 39.2 Å². The molecule has 10 heteroatoms. The molecule has 0 aliphatic heterocycles. The lowest BCUT2D eigenvalue weighted by molar-refractivity contribution is -0.153. The SMILES string of the molecule is CN(C)[C@@H]1C(=O)C(C(N)=O)=C(O)[C@@]2(O)C(=O)C3=C(O)c4c(O)ccc(F)c4C[C@H]3C[C@@H]12. The zero-order valence-electron chi connectivity index (χ0n) is 16.7. The number of aromatic hydroxyl groups is 1. The van der Waals surface area contributed by atoms with Gasteiger partial charge in [0.2, 0.25) is 5.78 Å². The summed E-state index contributed by atoms with van der Waals surface area (Å²) in [6.07, 6.45) is -0.157. The molecule has 164 valence electrons. The summed E-state index contributed by atoms with van der Waals surface area (Å²) >= 11 is 0. The molecule has 1 amide bonds. The van der Waals surface area contributed by atoms with Gasteiger partial charge < -0.3 is 26.2 Å². The van der Waals surface area contributed by atoms with E-state index < -0.39 is 69.6 Å². The van der Waals surface area contributed by atoms with Gasteiger partial charge in [-0.25, -0.2) is 4.39 Å². The number of hydrogen-bond donors (Lipinski definition) is 5. The molecular weight excluding hydrogens is 411 g/mol. The zero-order valence-corrected chi connectivity index (χ0v) is 16.7. The predicted octanol–water partition coefficient (Wildman–Crippen LogP) is 0.103. The second-order valence-corrected chi connectivity index (χ2v) is 8.38. The van der Waals surface area contributed by atoms with E-state index >= 15 is 0 Å². The van der Waals surface area contributed by atoms with Crippen LogP contribution in [0.3, 0.4) is 0 Å². The van der Waals surface area contributed by atoms with Crippen molar-refractivity contribution in [2.24, 2.45) is 17.6 Å². The summed E-state index contributed by atoms with van der Waals surface area (Å²) in [7, 11) is 3.01. The van der Waals surface area contributed by atoms with Crippen molar-refractivity contribution in [2.75, 3.05) is 14.1 Å². The summed E-state index contributed by atoms with van der Waals surface area (Å²) in [6, 6.07) is 0.889. The summed E-state index contributed by atoms with van der Waals surface area (Å²) in [5.74, 6) is -8.26. The first kappa shape index (κ1) is 21.0. The maximum absolute atomic E-state index is 14.4. The Hall–Kier alpha value is -3.24. The number of phenolic OH excluding ortho intramolecular Hbond substituents is 1. The van der Waals surface area contributed by atoms with E-state index in [1.165, 1.54) is 19.0 Å². The van der Waals surface area contributed by atoms with Crippen molar-refractivity contribution in [1.82, 2.24) is 4.90 Å². The zero-order chi connectivity index (χ0) is 23.0. The Balaban J connectivity index is 1.99. The summed E-state index contributed by atoms with van der Waals surface area (Å²) in [6.45, 7) is 0. The van der Waals surface area contributed by atoms with E-state index in [0.717, 1.165) is 12.1 Å². The van der Waals surface area contributed by atoms with E-state index in [1.807, 2.05) is 0 Å². The molecular formula is C21H21FN2O7. The molecule has 0 heterocycles. The van der Waals surface area contributed by atoms with Crippen LogP contribution < -0.4 is 5.73 Å². The van der Waals surface area contributed by atoms with E-state index in [9.17, 15) is 39.2 Å². The number of aliphatic hydroxyl groups is 3. The van der Waals surface area contributed by atoms with Gasteiger partial charge in [-0.15, -0.1) is 0 Å². The molecule has 6 N–H and O–H groups in total. The first-order valence-corrected chi connectivity index (χ1v) is 9.58. The van der Waals surface area contributed by atoms with Crippen molar-refractivity contribution >= 4 is 23.2 Å². The Labute approximate surface area is 175 Å². The molecule has 3 aliphatic carbocycles. The third-order valence-electron chi connectivity index (χ3n) is 6.55. The molecule has 0 spiro atoms. The normalized spacial score (nSPS) is 30.3. The first-order chi connectivity index (χ1) is 14.4. The van der Waals surface area contributed by atoms with Crippen LogP contribution in [0.15, 0.2) is 29.0 Å². The fourth-order valence-electron chi connectivity index (χ4n) is 5.21. The Morgan fingerprint density at radius 2 is 1.87 bits per heavy atom. The van der Waals surface area contributed by atoms with Gasteiger partial charge in [0, 0.05) is 17.1 Å². The predicted molar refractivity (Wildman–Crippen MR) is 104 cm³/mol. The summed E-state index contributed by atoms with van der Waals surface area (Å²) in [4.78, 5) is 39.6. The van der Waals surface area contributed by atoms with Crippen LogP contribution in [0.2, 0.25) is 0 Å². The van der Waals surface area contributed by atoms with Gasteiger partial charge in [0.05, 0.1) is 11.6 Å². The minimum absolute atomic E-state index is 0.00520.